The van der Waals surface area contributed by atoms with Gasteiger partial charge in [-0.2, -0.15) is 13.2 Å². The molecule has 0 nitrogen and oxygen atoms in total. The topological polar surface area (TPSA) is 0 Å². The van der Waals surface area contributed by atoms with E-state index in [0.717, 1.165) is 0 Å². The zero-order valence-corrected chi connectivity index (χ0v) is 8.18. The molecular formula is C6H10ClF3Si. The molecule has 0 aliphatic rings. The van der Waals surface area contributed by atoms with Crippen molar-refractivity contribution in [2.75, 3.05) is 5.50 Å². The molecule has 0 atom stereocenters. The zero-order valence-electron chi connectivity index (χ0n) is 6.43. The fraction of sp³-hybridized carbons (Fsp3) is 0.667. The molecule has 0 aromatic heterocycles. The van der Waals surface area contributed by atoms with Crippen LogP contribution < -0.4 is 0 Å². The Morgan fingerprint density at radius 3 is 1.91 bits per heavy atom. The molecule has 0 aliphatic heterocycles. The summed E-state index contributed by atoms with van der Waals surface area (Å²) in [5.74, 6) is 0. The van der Waals surface area contributed by atoms with E-state index < -0.39 is 19.4 Å². The molecule has 0 N–H and O–H groups in total. The molecule has 0 aromatic rings. The van der Waals surface area contributed by atoms with E-state index in [4.69, 9.17) is 11.6 Å². The quantitative estimate of drug-likeness (QED) is 0.477. The van der Waals surface area contributed by atoms with Crippen LogP contribution in [-0.4, -0.2) is 19.8 Å². The number of halogens is 4. The molecule has 0 spiro atoms. The van der Waals surface area contributed by atoms with Crippen molar-refractivity contribution in [3.05, 3.63) is 11.8 Å². The Kier molecular flexibility index (Phi) is 3.20. The Morgan fingerprint density at radius 1 is 1.45 bits per heavy atom. The normalized spacial score (nSPS) is 13.3. The summed E-state index contributed by atoms with van der Waals surface area (Å²) >= 11 is 5.40. The van der Waals surface area contributed by atoms with Gasteiger partial charge in [-0.3, -0.25) is 0 Å². The first-order chi connectivity index (χ1) is 4.72. The van der Waals surface area contributed by atoms with Crippen molar-refractivity contribution in [1.29, 1.82) is 0 Å². The molecule has 0 saturated carbocycles. The second-order valence-corrected chi connectivity index (χ2v) is 8.43. The van der Waals surface area contributed by atoms with Crippen LogP contribution in [0, 0.1) is 0 Å². The van der Waals surface area contributed by atoms with Crippen LogP contribution in [0.15, 0.2) is 11.8 Å². The van der Waals surface area contributed by atoms with E-state index in [1.807, 2.05) is 0 Å². The van der Waals surface area contributed by atoms with E-state index in [9.17, 15) is 13.2 Å². The molecule has 11 heavy (non-hydrogen) atoms. The van der Waals surface area contributed by atoms with Gasteiger partial charge in [0.2, 0.25) is 0 Å². The summed E-state index contributed by atoms with van der Waals surface area (Å²) < 4.78 is 36.0. The second-order valence-electron chi connectivity index (χ2n) is 2.99. The van der Waals surface area contributed by atoms with Crippen molar-refractivity contribution >= 4 is 19.7 Å². The molecule has 5 heteroatoms. The Morgan fingerprint density at radius 2 is 1.82 bits per heavy atom. The maximum atomic E-state index is 12.0. The highest BCUT2D eigenvalue weighted by Crippen LogP contribution is 2.31. The Bertz CT molecular complexity index is 162. The highest BCUT2D eigenvalue weighted by Gasteiger charge is 2.41. The number of hydrogen-bond acceptors (Lipinski definition) is 0. The molecule has 0 aliphatic carbocycles. The molecule has 0 radical (unpaired) electrons. The van der Waals surface area contributed by atoms with Crippen LogP contribution in [0.5, 0.6) is 0 Å². The zero-order chi connectivity index (χ0) is 9.28. The lowest BCUT2D eigenvalue weighted by atomic mass is 10.6. The van der Waals surface area contributed by atoms with Crippen LogP contribution in [0.3, 0.4) is 0 Å². The molecule has 0 amide bonds. The predicted octanol–water partition coefficient (Wildman–Crippen LogP) is 3.13. The number of allylic oxidation sites excluding steroid dienone is 1. The standard InChI is InChI=1S/C6H10ClF3Si/c1-5(6(8,9)10)11(2,3)4-7/h1,4H2,2-3H3. The molecule has 0 fully saturated rings. The lowest BCUT2D eigenvalue weighted by molar-refractivity contribution is -0.0853. The van der Waals surface area contributed by atoms with E-state index in [-0.39, 0.29) is 5.50 Å². The van der Waals surface area contributed by atoms with Gasteiger partial charge < -0.3 is 0 Å². The molecule has 0 rings (SSSR count). The van der Waals surface area contributed by atoms with Gasteiger partial charge in [0, 0.05) is 10.7 Å². The lowest BCUT2D eigenvalue weighted by Crippen LogP contribution is -2.38. The fourth-order valence-corrected chi connectivity index (χ4v) is 1.88. The number of hydrogen-bond donors (Lipinski definition) is 0. The van der Waals surface area contributed by atoms with Crippen molar-refractivity contribution in [3.8, 4) is 0 Å². The highest BCUT2D eigenvalue weighted by molar-refractivity contribution is 6.89. The minimum Gasteiger partial charge on any atom is -0.167 e. The van der Waals surface area contributed by atoms with E-state index in [2.05, 4.69) is 6.58 Å². The summed E-state index contributed by atoms with van der Waals surface area (Å²) in [5, 5.41) is -0.639. The van der Waals surface area contributed by atoms with Crippen molar-refractivity contribution in [2.45, 2.75) is 19.3 Å². The van der Waals surface area contributed by atoms with Gasteiger partial charge in [-0.05, 0) is 0 Å². The van der Waals surface area contributed by atoms with Crippen molar-refractivity contribution in [2.24, 2.45) is 0 Å². The third-order valence-electron chi connectivity index (χ3n) is 1.49. The lowest BCUT2D eigenvalue weighted by Gasteiger charge is -2.23. The monoisotopic (exact) mass is 202 g/mol. The smallest absolute Gasteiger partial charge is 0.167 e. The maximum absolute atomic E-state index is 12.0. The average Bonchev–Trinajstić information content (AvgIpc) is 1.84. The molecular weight excluding hydrogens is 193 g/mol. The van der Waals surface area contributed by atoms with Crippen LogP contribution in [0.1, 0.15) is 0 Å². The van der Waals surface area contributed by atoms with Gasteiger partial charge in [-0.1, -0.05) is 19.7 Å². The van der Waals surface area contributed by atoms with Gasteiger partial charge in [0.25, 0.3) is 0 Å². The van der Waals surface area contributed by atoms with Crippen molar-refractivity contribution in [1.82, 2.24) is 0 Å². The van der Waals surface area contributed by atoms with Crippen LogP contribution in [0.2, 0.25) is 13.1 Å². The minimum atomic E-state index is -4.27. The van der Waals surface area contributed by atoms with Crippen molar-refractivity contribution in [3.63, 3.8) is 0 Å². The molecule has 0 heterocycles. The van der Waals surface area contributed by atoms with E-state index >= 15 is 0 Å². The van der Waals surface area contributed by atoms with Gasteiger partial charge in [0.1, 0.15) is 8.07 Å². The average molecular weight is 203 g/mol. The third kappa shape index (κ3) is 2.87. The summed E-state index contributed by atoms with van der Waals surface area (Å²) in [4.78, 5) is 0. The Balaban J connectivity index is 4.50. The first kappa shape index (κ1) is 11.0. The molecule has 0 unspecified atom stereocenters. The molecule has 0 bridgehead atoms. The van der Waals surface area contributed by atoms with Gasteiger partial charge in [-0.15, -0.1) is 11.6 Å². The highest BCUT2D eigenvalue weighted by atomic mass is 35.5. The largest absolute Gasteiger partial charge is 0.408 e. The van der Waals surface area contributed by atoms with Crippen LogP contribution >= 0.6 is 11.6 Å². The van der Waals surface area contributed by atoms with Gasteiger partial charge in [0.05, 0.1) is 0 Å². The van der Waals surface area contributed by atoms with E-state index in [0.29, 0.717) is 0 Å². The van der Waals surface area contributed by atoms with Crippen LogP contribution in [0.4, 0.5) is 13.2 Å². The van der Waals surface area contributed by atoms with Crippen molar-refractivity contribution < 1.29 is 13.2 Å². The fourth-order valence-electron chi connectivity index (χ4n) is 0.464. The Hall–Kier alpha value is 0.0369. The van der Waals surface area contributed by atoms with Gasteiger partial charge >= 0.3 is 6.18 Å². The van der Waals surface area contributed by atoms with E-state index in [1.165, 1.54) is 0 Å². The van der Waals surface area contributed by atoms with Crippen LogP contribution in [-0.2, 0) is 0 Å². The van der Waals surface area contributed by atoms with Gasteiger partial charge in [0.15, 0.2) is 0 Å². The number of alkyl halides is 4. The first-order valence-electron chi connectivity index (χ1n) is 3.04. The SMILES string of the molecule is C=C(C(F)(F)F)[Si](C)(C)CCl. The summed E-state index contributed by atoms with van der Waals surface area (Å²) in [6, 6.07) is 0. The van der Waals surface area contributed by atoms with E-state index in [1.54, 1.807) is 13.1 Å². The predicted molar refractivity (Wildman–Crippen MR) is 43.4 cm³/mol. The summed E-state index contributed by atoms with van der Waals surface area (Å²) in [7, 11) is -2.47. The third-order valence-corrected chi connectivity index (χ3v) is 6.08. The summed E-state index contributed by atoms with van der Waals surface area (Å²) in [5.41, 5.74) is 0.0609. The summed E-state index contributed by atoms with van der Waals surface area (Å²) in [6.45, 7) is 6.12. The number of rotatable bonds is 2. The molecule has 0 saturated heterocycles. The van der Waals surface area contributed by atoms with Crippen LogP contribution in [0.25, 0.3) is 0 Å². The maximum Gasteiger partial charge on any atom is 0.408 e. The minimum absolute atomic E-state index is 0.0609. The van der Waals surface area contributed by atoms with Gasteiger partial charge in [-0.25, -0.2) is 0 Å². The summed E-state index contributed by atoms with van der Waals surface area (Å²) in [6.07, 6.45) is -4.27. The Labute approximate surface area is 70.1 Å². The molecule has 0 aromatic carbocycles. The molecule has 66 valence electrons. The second kappa shape index (κ2) is 3.19. The first-order valence-corrected chi connectivity index (χ1v) is 6.78.